The molecule has 2 aromatic carbocycles. The number of carbonyl (C=O) groups excluding carboxylic acids is 1. The number of amides is 1. The van der Waals surface area contributed by atoms with E-state index in [9.17, 15) is 4.79 Å². The van der Waals surface area contributed by atoms with Crippen LogP contribution in [0.1, 0.15) is 33.7 Å². The molecule has 3 aromatic rings. The van der Waals surface area contributed by atoms with Gasteiger partial charge in [-0.1, -0.05) is 65.3 Å². The molecule has 0 saturated carbocycles. The van der Waals surface area contributed by atoms with Crippen molar-refractivity contribution in [3.63, 3.8) is 0 Å². The Bertz CT molecular complexity index is 947. The van der Waals surface area contributed by atoms with Crippen LogP contribution in [-0.2, 0) is 11.4 Å². The first-order valence-electron chi connectivity index (χ1n) is 9.35. The van der Waals surface area contributed by atoms with Crippen molar-refractivity contribution in [3.8, 4) is 0 Å². The molecule has 1 atom stereocenters. The molecule has 0 fully saturated rings. The summed E-state index contributed by atoms with van der Waals surface area (Å²) >= 11 is 0. The average molecular weight is 374 g/mol. The molecule has 4 rings (SSSR count). The Balaban J connectivity index is 1.47. The highest BCUT2D eigenvalue weighted by Gasteiger charge is 2.28. The normalized spacial score (nSPS) is 15.8. The summed E-state index contributed by atoms with van der Waals surface area (Å²) in [4.78, 5) is 20.3. The molecule has 0 N–H and O–H groups in total. The Labute approximate surface area is 164 Å². The quantitative estimate of drug-likeness (QED) is 0.642. The largest absolute Gasteiger partial charge is 0.459 e. The predicted octanol–water partition coefficient (Wildman–Crippen LogP) is 4.42. The molecule has 0 bridgehead atoms. The van der Waals surface area contributed by atoms with Crippen molar-refractivity contribution in [2.75, 3.05) is 6.54 Å². The molecule has 0 radical (unpaired) electrons. The van der Waals surface area contributed by atoms with Crippen LogP contribution in [0.4, 0.5) is 0 Å². The SMILES string of the molecule is Cc1ccc(C2=NOC(CN(Cc3ccccc3)C(=O)c3ccco3)C2)cc1. The fourth-order valence-corrected chi connectivity index (χ4v) is 3.27. The predicted molar refractivity (Wildman–Crippen MR) is 107 cm³/mol. The van der Waals surface area contributed by atoms with Crippen LogP contribution in [0.25, 0.3) is 0 Å². The Kier molecular flexibility index (Phi) is 5.24. The first kappa shape index (κ1) is 18.0. The second-order valence-corrected chi connectivity index (χ2v) is 6.98. The minimum atomic E-state index is -0.182. The van der Waals surface area contributed by atoms with Gasteiger partial charge in [-0.25, -0.2) is 0 Å². The Morgan fingerprint density at radius 2 is 1.86 bits per heavy atom. The van der Waals surface area contributed by atoms with Gasteiger partial charge in [-0.15, -0.1) is 0 Å². The molecule has 1 aromatic heterocycles. The van der Waals surface area contributed by atoms with Crippen LogP contribution in [0.15, 0.2) is 82.6 Å². The van der Waals surface area contributed by atoms with Crippen LogP contribution in [0.2, 0.25) is 0 Å². The maximum atomic E-state index is 12.9. The highest BCUT2D eigenvalue weighted by atomic mass is 16.6. The Hall–Kier alpha value is -3.34. The van der Waals surface area contributed by atoms with Crippen molar-refractivity contribution in [3.05, 3.63) is 95.4 Å². The van der Waals surface area contributed by atoms with Gasteiger partial charge < -0.3 is 14.2 Å². The lowest BCUT2D eigenvalue weighted by atomic mass is 10.0. The summed E-state index contributed by atoms with van der Waals surface area (Å²) in [7, 11) is 0. The number of hydrogen-bond donors (Lipinski definition) is 0. The number of furan rings is 1. The Morgan fingerprint density at radius 3 is 2.57 bits per heavy atom. The molecule has 5 heteroatoms. The number of aryl methyl sites for hydroxylation is 1. The van der Waals surface area contributed by atoms with Crippen LogP contribution in [0, 0.1) is 6.92 Å². The van der Waals surface area contributed by atoms with E-state index in [0.717, 1.165) is 16.8 Å². The lowest BCUT2D eigenvalue weighted by molar-refractivity contribution is 0.0387. The summed E-state index contributed by atoms with van der Waals surface area (Å²) in [6.07, 6.45) is 2.00. The molecule has 142 valence electrons. The van der Waals surface area contributed by atoms with Gasteiger partial charge in [0, 0.05) is 13.0 Å². The van der Waals surface area contributed by atoms with Crippen LogP contribution >= 0.6 is 0 Å². The third-order valence-corrected chi connectivity index (χ3v) is 4.78. The standard InChI is InChI=1S/C23H22N2O3/c1-17-9-11-19(12-10-17)21-14-20(28-24-21)16-25(15-18-6-3-2-4-7-18)23(26)22-8-5-13-27-22/h2-13,20H,14-16H2,1H3. The molecule has 1 aliphatic rings. The zero-order valence-corrected chi connectivity index (χ0v) is 15.7. The Morgan fingerprint density at radius 1 is 1.07 bits per heavy atom. The number of carbonyl (C=O) groups is 1. The molecule has 2 heterocycles. The van der Waals surface area contributed by atoms with Crippen LogP contribution in [0.5, 0.6) is 0 Å². The summed E-state index contributed by atoms with van der Waals surface area (Å²) in [5.74, 6) is 0.176. The lowest BCUT2D eigenvalue weighted by Gasteiger charge is -2.24. The van der Waals surface area contributed by atoms with Gasteiger partial charge in [0.05, 0.1) is 18.5 Å². The van der Waals surface area contributed by atoms with Crippen LogP contribution in [0.3, 0.4) is 0 Å². The highest BCUT2D eigenvalue weighted by molar-refractivity contribution is 6.01. The first-order valence-corrected chi connectivity index (χ1v) is 9.35. The first-order chi connectivity index (χ1) is 13.7. The molecule has 1 aliphatic heterocycles. The van der Waals surface area contributed by atoms with E-state index >= 15 is 0 Å². The van der Waals surface area contributed by atoms with E-state index in [2.05, 4.69) is 36.3 Å². The molecular formula is C23H22N2O3. The van der Waals surface area contributed by atoms with Crippen LogP contribution in [-0.4, -0.2) is 29.2 Å². The van der Waals surface area contributed by atoms with Gasteiger partial charge in [0.15, 0.2) is 11.9 Å². The lowest BCUT2D eigenvalue weighted by Crippen LogP contribution is -2.37. The van der Waals surface area contributed by atoms with Gasteiger partial charge in [0.1, 0.15) is 0 Å². The molecule has 0 saturated heterocycles. The molecule has 1 amide bonds. The zero-order valence-electron chi connectivity index (χ0n) is 15.7. The van der Waals surface area contributed by atoms with E-state index < -0.39 is 0 Å². The van der Waals surface area contributed by atoms with E-state index in [0.29, 0.717) is 25.3 Å². The van der Waals surface area contributed by atoms with Crippen molar-refractivity contribution in [1.82, 2.24) is 4.90 Å². The minimum Gasteiger partial charge on any atom is -0.459 e. The number of hydrogen-bond acceptors (Lipinski definition) is 4. The number of benzene rings is 2. The summed E-state index contributed by atoms with van der Waals surface area (Å²) < 4.78 is 5.32. The third-order valence-electron chi connectivity index (χ3n) is 4.78. The minimum absolute atomic E-state index is 0.152. The van der Waals surface area contributed by atoms with Gasteiger partial charge >= 0.3 is 0 Å². The summed E-state index contributed by atoms with van der Waals surface area (Å²) in [5, 5.41) is 4.25. The molecule has 0 spiro atoms. The molecule has 0 aliphatic carbocycles. The third kappa shape index (κ3) is 4.14. The van der Waals surface area contributed by atoms with Crippen molar-refractivity contribution >= 4 is 11.6 Å². The second-order valence-electron chi connectivity index (χ2n) is 6.98. The second kappa shape index (κ2) is 8.13. The fraction of sp³-hybridized carbons (Fsp3) is 0.217. The van der Waals surface area contributed by atoms with Crippen LogP contribution < -0.4 is 0 Å². The number of rotatable bonds is 6. The van der Waals surface area contributed by atoms with E-state index in [1.807, 2.05) is 30.3 Å². The van der Waals surface area contributed by atoms with E-state index in [1.165, 1.54) is 11.8 Å². The van der Waals surface area contributed by atoms with Crippen molar-refractivity contribution in [2.45, 2.75) is 26.0 Å². The maximum absolute atomic E-state index is 12.9. The highest BCUT2D eigenvalue weighted by Crippen LogP contribution is 2.20. The van der Waals surface area contributed by atoms with Crippen molar-refractivity contribution < 1.29 is 14.0 Å². The molecule has 5 nitrogen and oxygen atoms in total. The maximum Gasteiger partial charge on any atom is 0.289 e. The van der Waals surface area contributed by atoms with Gasteiger partial charge in [-0.2, -0.15) is 0 Å². The zero-order chi connectivity index (χ0) is 19.3. The summed E-state index contributed by atoms with van der Waals surface area (Å²) in [6.45, 7) is 2.98. The van der Waals surface area contributed by atoms with Gasteiger partial charge in [-0.3, -0.25) is 4.79 Å². The monoisotopic (exact) mass is 374 g/mol. The van der Waals surface area contributed by atoms with Gasteiger partial charge in [-0.05, 0) is 30.2 Å². The molecule has 1 unspecified atom stereocenters. The van der Waals surface area contributed by atoms with E-state index in [4.69, 9.17) is 9.25 Å². The number of nitrogens with zero attached hydrogens (tertiary/aromatic N) is 2. The van der Waals surface area contributed by atoms with Gasteiger partial charge in [0.2, 0.25) is 0 Å². The molecule has 28 heavy (non-hydrogen) atoms. The smallest absolute Gasteiger partial charge is 0.289 e. The molecular weight excluding hydrogens is 352 g/mol. The van der Waals surface area contributed by atoms with Gasteiger partial charge in [0.25, 0.3) is 5.91 Å². The fourth-order valence-electron chi connectivity index (χ4n) is 3.27. The van der Waals surface area contributed by atoms with Crippen molar-refractivity contribution in [1.29, 1.82) is 0 Å². The van der Waals surface area contributed by atoms with E-state index in [1.54, 1.807) is 17.0 Å². The average Bonchev–Trinajstić information content (AvgIpc) is 3.41. The topological polar surface area (TPSA) is 55.0 Å². The summed E-state index contributed by atoms with van der Waals surface area (Å²) in [5.41, 5.74) is 4.23. The van der Waals surface area contributed by atoms with Crippen molar-refractivity contribution in [2.24, 2.45) is 5.16 Å². The van der Waals surface area contributed by atoms with E-state index in [-0.39, 0.29) is 12.0 Å². The number of oxime groups is 1. The summed E-state index contributed by atoms with van der Waals surface area (Å²) in [6, 6.07) is 21.5.